The second-order valence-corrected chi connectivity index (χ2v) is 12.9. The average molecular weight is 548 g/mol. The number of alkyl carbamates (subject to hydrolysis) is 1. The van der Waals surface area contributed by atoms with E-state index in [9.17, 15) is 14.4 Å². The van der Waals surface area contributed by atoms with E-state index >= 15 is 0 Å². The summed E-state index contributed by atoms with van der Waals surface area (Å²) in [6, 6.07) is -1.63. The predicted molar refractivity (Wildman–Crippen MR) is 148 cm³/mol. The Morgan fingerprint density at radius 1 is 1.19 bits per heavy atom. The molecule has 5 N–H and O–H groups in total. The van der Waals surface area contributed by atoms with Crippen molar-refractivity contribution in [2.45, 2.75) is 102 Å². The summed E-state index contributed by atoms with van der Waals surface area (Å²) in [4.78, 5) is 41.2. The molecule has 0 aromatic rings. The van der Waals surface area contributed by atoms with E-state index < -0.39 is 28.8 Å². The number of hydrogen-bond acceptors (Lipinski definition) is 6. The summed E-state index contributed by atoms with van der Waals surface area (Å²) < 4.78 is 4.55. The second kappa shape index (κ2) is 14.9. The molecule has 0 aromatic carbocycles. The first-order valence-corrected chi connectivity index (χ1v) is 13.9. The molecule has 36 heavy (non-hydrogen) atoms. The maximum absolute atomic E-state index is 13.9. The molecule has 2 aliphatic rings. The Bertz CT molecular complexity index is 761. The van der Waals surface area contributed by atoms with E-state index in [0.717, 1.165) is 12.8 Å². The summed E-state index contributed by atoms with van der Waals surface area (Å²) in [5.41, 5.74) is 5.80. The number of amides is 3. The van der Waals surface area contributed by atoms with Gasteiger partial charge in [0.1, 0.15) is 12.1 Å². The van der Waals surface area contributed by atoms with Crippen LogP contribution >= 0.6 is 24.2 Å². The highest BCUT2D eigenvalue weighted by Crippen LogP contribution is 2.35. The highest BCUT2D eigenvalue weighted by atomic mass is 35.5. The summed E-state index contributed by atoms with van der Waals surface area (Å²) >= 11 is 1.58. The van der Waals surface area contributed by atoms with Crippen LogP contribution in [0.4, 0.5) is 4.79 Å². The number of likely N-dealkylation sites (tertiary alicyclic amines) is 1. The van der Waals surface area contributed by atoms with Crippen LogP contribution in [-0.4, -0.2) is 70.4 Å². The summed E-state index contributed by atoms with van der Waals surface area (Å²) in [5.74, 6) is -0.524. The molecule has 9 nitrogen and oxygen atoms in total. The first-order chi connectivity index (χ1) is 16.5. The van der Waals surface area contributed by atoms with Gasteiger partial charge in [-0.1, -0.05) is 40.0 Å². The number of hydrogen-bond donors (Lipinski definition) is 4. The van der Waals surface area contributed by atoms with E-state index in [2.05, 4.69) is 10.6 Å². The average Bonchev–Trinajstić information content (AvgIpc) is 3.25. The van der Waals surface area contributed by atoms with Crippen molar-refractivity contribution in [2.24, 2.45) is 17.6 Å². The second-order valence-electron chi connectivity index (χ2n) is 10.6. The Kier molecular flexibility index (Phi) is 13.4. The van der Waals surface area contributed by atoms with Crippen LogP contribution in [0.15, 0.2) is 0 Å². The maximum atomic E-state index is 13.9. The lowest BCUT2D eigenvalue weighted by Crippen LogP contribution is -2.60. The van der Waals surface area contributed by atoms with Crippen LogP contribution in [0, 0.1) is 17.2 Å². The van der Waals surface area contributed by atoms with Crippen LogP contribution in [0.2, 0.25) is 0 Å². The highest BCUT2D eigenvalue weighted by molar-refractivity contribution is 8.01. The highest BCUT2D eigenvalue weighted by Gasteiger charge is 2.47. The molecule has 0 bridgehead atoms. The van der Waals surface area contributed by atoms with Gasteiger partial charge >= 0.3 is 6.09 Å². The van der Waals surface area contributed by atoms with Crippen molar-refractivity contribution in [1.82, 2.24) is 15.5 Å². The first-order valence-electron chi connectivity index (χ1n) is 13.0. The van der Waals surface area contributed by atoms with Gasteiger partial charge in [0.15, 0.2) is 0 Å². The van der Waals surface area contributed by atoms with E-state index in [1.54, 1.807) is 11.8 Å². The number of ether oxygens (including phenoxy) is 1. The molecule has 2 rings (SSSR count). The fraction of sp³-hybridized carbons (Fsp3) is 0.840. The van der Waals surface area contributed by atoms with E-state index in [1.807, 2.05) is 34.6 Å². The molecule has 2 fully saturated rings. The number of carbonyl (C=O) groups excluding carboxylic acids is 3. The standard InChI is InChI=1S/C25H45N5O4S.ClH/c1-6-12-34-24(33)29-20(25(4,5)35-16(2)3)23(32)30-15-18(21(26)27)13-19(30)22(31)28-14-17-10-8-7-9-11-17;/h16-20H,6-15H2,1-5H3,(H3,26,27)(H,28,31)(H,29,33);1H/t18-,19+,20+;/m1./s1. The lowest BCUT2D eigenvalue weighted by Gasteiger charge is -2.38. The molecule has 11 heteroatoms. The van der Waals surface area contributed by atoms with Crippen molar-refractivity contribution in [3.63, 3.8) is 0 Å². The molecule has 0 spiro atoms. The maximum Gasteiger partial charge on any atom is 0.407 e. The van der Waals surface area contributed by atoms with Crippen LogP contribution in [0.25, 0.3) is 0 Å². The van der Waals surface area contributed by atoms with Gasteiger partial charge in [-0.3, -0.25) is 15.0 Å². The summed E-state index contributed by atoms with van der Waals surface area (Å²) in [6.07, 6.45) is 6.16. The van der Waals surface area contributed by atoms with Gasteiger partial charge in [0, 0.05) is 23.8 Å². The van der Waals surface area contributed by atoms with Crippen LogP contribution in [0.5, 0.6) is 0 Å². The lowest BCUT2D eigenvalue weighted by molar-refractivity contribution is -0.140. The molecular weight excluding hydrogens is 502 g/mol. The smallest absolute Gasteiger partial charge is 0.407 e. The van der Waals surface area contributed by atoms with E-state index in [4.69, 9.17) is 15.9 Å². The van der Waals surface area contributed by atoms with Crippen LogP contribution in [0.3, 0.4) is 0 Å². The summed E-state index contributed by atoms with van der Waals surface area (Å²) in [7, 11) is 0. The lowest BCUT2D eigenvalue weighted by atomic mass is 9.89. The van der Waals surface area contributed by atoms with Gasteiger partial charge < -0.3 is 26.0 Å². The van der Waals surface area contributed by atoms with Gasteiger partial charge in [-0.05, 0) is 50.7 Å². The van der Waals surface area contributed by atoms with E-state index in [-0.39, 0.29) is 48.5 Å². The fourth-order valence-corrected chi connectivity index (χ4v) is 6.55. The minimum absolute atomic E-state index is 0. The molecule has 3 atom stereocenters. The first kappa shape index (κ1) is 32.3. The Balaban J connectivity index is 0.00000648. The quantitative estimate of drug-likeness (QED) is 0.230. The van der Waals surface area contributed by atoms with Crippen molar-refractivity contribution >= 4 is 47.9 Å². The molecule has 1 saturated heterocycles. The fourth-order valence-electron chi connectivity index (χ4n) is 5.04. The van der Waals surface area contributed by atoms with Crippen LogP contribution in [0.1, 0.15) is 79.6 Å². The van der Waals surface area contributed by atoms with Gasteiger partial charge in [-0.15, -0.1) is 12.4 Å². The molecule has 1 aliphatic carbocycles. The Morgan fingerprint density at radius 2 is 1.83 bits per heavy atom. The number of nitrogens with two attached hydrogens (primary N) is 1. The Hall–Kier alpha value is -1.68. The van der Waals surface area contributed by atoms with Gasteiger partial charge in [0.2, 0.25) is 11.8 Å². The van der Waals surface area contributed by atoms with Crippen molar-refractivity contribution in [2.75, 3.05) is 19.7 Å². The number of nitrogens with one attached hydrogen (secondary N) is 3. The largest absolute Gasteiger partial charge is 0.450 e. The van der Waals surface area contributed by atoms with Crippen LogP contribution in [-0.2, 0) is 14.3 Å². The molecule has 0 unspecified atom stereocenters. The summed E-state index contributed by atoms with van der Waals surface area (Å²) in [5, 5.41) is 14.0. The van der Waals surface area contributed by atoms with Crippen molar-refractivity contribution in [1.29, 1.82) is 5.41 Å². The van der Waals surface area contributed by atoms with Gasteiger partial charge in [0.25, 0.3) is 0 Å². The molecule has 3 amide bonds. The topological polar surface area (TPSA) is 138 Å². The number of rotatable bonds is 11. The number of amidine groups is 1. The van der Waals surface area contributed by atoms with Crippen molar-refractivity contribution < 1.29 is 19.1 Å². The molecule has 1 aliphatic heterocycles. The number of thioether (sulfide) groups is 1. The Labute approximate surface area is 226 Å². The van der Waals surface area contributed by atoms with Crippen molar-refractivity contribution in [3.8, 4) is 0 Å². The SMILES string of the molecule is CCCOC(=O)N[C@@H](C(=O)N1C[C@H](C(=N)N)C[C@H]1C(=O)NCC1CCCCC1)C(C)(C)SC(C)C.Cl. The zero-order valence-corrected chi connectivity index (χ0v) is 24.1. The molecule has 0 aromatic heterocycles. The number of halogens is 1. The third-order valence-corrected chi connectivity index (χ3v) is 8.11. The third-order valence-electron chi connectivity index (χ3n) is 6.80. The number of carbonyl (C=O) groups is 3. The number of nitrogens with zero attached hydrogens (tertiary/aromatic N) is 1. The van der Waals surface area contributed by atoms with Gasteiger partial charge in [0.05, 0.1) is 12.4 Å². The zero-order chi connectivity index (χ0) is 26.2. The van der Waals surface area contributed by atoms with Gasteiger partial charge in [-0.2, -0.15) is 11.8 Å². The molecular formula is C25H46ClN5O4S. The normalized spacial score (nSPS) is 21.4. The molecule has 0 radical (unpaired) electrons. The van der Waals surface area contributed by atoms with E-state index in [0.29, 0.717) is 25.3 Å². The van der Waals surface area contributed by atoms with Crippen molar-refractivity contribution in [3.05, 3.63) is 0 Å². The molecule has 1 saturated carbocycles. The van der Waals surface area contributed by atoms with E-state index in [1.165, 1.54) is 24.2 Å². The summed E-state index contributed by atoms with van der Waals surface area (Å²) in [6.45, 7) is 10.8. The zero-order valence-electron chi connectivity index (χ0n) is 22.4. The third kappa shape index (κ3) is 9.32. The monoisotopic (exact) mass is 547 g/mol. The predicted octanol–water partition coefficient (Wildman–Crippen LogP) is 3.68. The van der Waals surface area contributed by atoms with Crippen LogP contribution < -0.4 is 16.4 Å². The minimum Gasteiger partial charge on any atom is -0.450 e. The van der Waals surface area contributed by atoms with Gasteiger partial charge in [-0.25, -0.2) is 4.79 Å². The molecule has 1 heterocycles. The Morgan fingerprint density at radius 3 is 2.39 bits per heavy atom. The minimum atomic E-state index is -0.904. The molecule has 208 valence electrons.